The number of ether oxygens (including phenoxy) is 1. The number of carboxylic acid groups (broad SMARTS) is 1. The quantitative estimate of drug-likeness (QED) is 0.468. The lowest BCUT2D eigenvalue weighted by Crippen LogP contribution is -2.21. The van der Waals surface area contributed by atoms with Crippen LogP contribution in [0.15, 0.2) is 37.0 Å². The molecule has 0 aromatic rings. The van der Waals surface area contributed by atoms with Crippen LogP contribution in [0.5, 0.6) is 0 Å². The molecule has 0 aromatic carbocycles. The third-order valence-corrected chi connectivity index (χ3v) is 1.21. The lowest BCUT2D eigenvalue weighted by Gasteiger charge is -2.17. The summed E-state index contributed by atoms with van der Waals surface area (Å²) in [7, 11) is 0. The summed E-state index contributed by atoms with van der Waals surface area (Å²) in [6.07, 6.45) is 4.06. The van der Waals surface area contributed by atoms with Crippen molar-refractivity contribution in [1.82, 2.24) is 0 Å². The predicted octanol–water partition coefficient (Wildman–Crippen LogP) is 2.72. The summed E-state index contributed by atoms with van der Waals surface area (Å²) in [5.41, 5.74) is -0.170. The molecule has 0 aromatic heterocycles. The van der Waals surface area contributed by atoms with Crippen LogP contribution in [-0.4, -0.2) is 22.6 Å². The number of rotatable bonds is 3. The van der Waals surface area contributed by atoms with E-state index >= 15 is 0 Å². The predicted molar refractivity (Wildman–Crippen MR) is 67.6 cm³/mol. The number of esters is 1. The molecule has 0 radical (unpaired) electrons. The minimum absolute atomic E-state index is 0.157. The van der Waals surface area contributed by atoms with Crippen LogP contribution in [0.25, 0.3) is 0 Å². The van der Waals surface area contributed by atoms with Crippen LogP contribution in [0.1, 0.15) is 27.7 Å². The van der Waals surface area contributed by atoms with Crippen molar-refractivity contribution in [3.05, 3.63) is 37.0 Å². The summed E-state index contributed by atoms with van der Waals surface area (Å²) in [6.45, 7) is 13.6. The molecule has 96 valence electrons. The van der Waals surface area contributed by atoms with Gasteiger partial charge in [-0.2, -0.15) is 0 Å². The van der Waals surface area contributed by atoms with Gasteiger partial charge < -0.3 is 9.84 Å². The fourth-order valence-electron chi connectivity index (χ4n) is 0.785. The molecule has 0 fully saturated rings. The third-order valence-electron chi connectivity index (χ3n) is 1.21. The fourth-order valence-corrected chi connectivity index (χ4v) is 0.785. The van der Waals surface area contributed by atoms with Crippen LogP contribution in [0.2, 0.25) is 0 Å². The summed E-state index contributed by atoms with van der Waals surface area (Å²) in [5, 5.41) is 8.32. The van der Waals surface area contributed by atoms with E-state index in [1.54, 1.807) is 0 Å². The van der Waals surface area contributed by atoms with Gasteiger partial charge in [-0.25, -0.2) is 4.79 Å². The number of carbonyl (C=O) groups excluding carboxylic acids is 1. The largest absolute Gasteiger partial charge is 0.478 e. The molecular formula is C13H20O4. The van der Waals surface area contributed by atoms with Crippen molar-refractivity contribution in [3.8, 4) is 0 Å². The Balaban J connectivity index is 0. The molecule has 0 aliphatic carbocycles. The van der Waals surface area contributed by atoms with Gasteiger partial charge in [-0.3, -0.25) is 4.79 Å². The van der Waals surface area contributed by atoms with Gasteiger partial charge in [0.25, 0.3) is 0 Å². The molecule has 0 aliphatic rings. The van der Waals surface area contributed by atoms with Gasteiger partial charge in [0.2, 0.25) is 0 Å². The van der Waals surface area contributed by atoms with Gasteiger partial charge in [0.1, 0.15) is 5.60 Å². The molecule has 4 nitrogen and oxygen atoms in total. The first-order chi connectivity index (χ1) is 7.64. The summed E-state index contributed by atoms with van der Waals surface area (Å²) in [6, 6.07) is 0. The lowest BCUT2D eigenvalue weighted by molar-refractivity contribution is -0.151. The van der Waals surface area contributed by atoms with Crippen LogP contribution < -0.4 is 0 Å². The number of hydrogen-bond acceptors (Lipinski definition) is 3. The minimum Gasteiger partial charge on any atom is -0.478 e. The monoisotopic (exact) mass is 240 g/mol. The van der Waals surface area contributed by atoms with E-state index in [1.807, 2.05) is 20.8 Å². The maximum atomic E-state index is 10.2. The Bertz CT molecular complexity index is 319. The maximum absolute atomic E-state index is 10.2. The van der Waals surface area contributed by atoms with Gasteiger partial charge in [0, 0.05) is 6.92 Å². The highest BCUT2D eigenvalue weighted by molar-refractivity contribution is 5.89. The fraction of sp³-hybridized carbons (Fsp3) is 0.385. The normalized spacial score (nSPS) is 10.7. The first-order valence-corrected chi connectivity index (χ1v) is 5.02. The Morgan fingerprint density at radius 3 is 1.76 bits per heavy atom. The molecular weight excluding hydrogens is 220 g/mol. The van der Waals surface area contributed by atoms with E-state index in [4.69, 9.17) is 9.84 Å². The summed E-state index contributed by atoms with van der Waals surface area (Å²) in [5.74, 6) is -1.21. The highest BCUT2D eigenvalue weighted by atomic mass is 16.6. The molecule has 0 saturated carbocycles. The number of hydrogen-bond donors (Lipinski definition) is 1. The van der Waals surface area contributed by atoms with E-state index in [9.17, 15) is 9.59 Å². The zero-order chi connectivity index (χ0) is 14.1. The van der Waals surface area contributed by atoms with Crippen molar-refractivity contribution in [2.24, 2.45) is 0 Å². The maximum Gasteiger partial charge on any atom is 0.335 e. The van der Waals surface area contributed by atoms with Gasteiger partial charge in [-0.1, -0.05) is 25.3 Å². The van der Waals surface area contributed by atoms with E-state index in [0.717, 1.165) is 0 Å². The molecule has 0 aliphatic heterocycles. The van der Waals surface area contributed by atoms with Crippen molar-refractivity contribution in [1.29, 1.82) is 0 Å². The Morgan fingerprint density at radius 1 is 1.24 bits per heavy atom. The van der Waals surface area contributed by atoms with Crippen LogP contribution in [0, 0.1) is 0 Å². The third kappa shape index (κ3) is 14.2. The van der Waals surface area contributed by atoms with E-state index in [-0.39, 0.29) is 17.1 Å². The van der Waals surface area contributed by atoms with Crippen LogP contribution in [-0.2, 0) is 14.3 Å². The molecule has 0 spiro atoms. The molecule has 0 bridgehead atoms. The van der Waals surface area contributed by atoms with Gasteiger partial charge >= 0.3 is 11.9 Å². The lowest BCUT2D eigenvalue weighted by atomic mass is 10.2. The van der Waals surface area contributed by atoms with E-state index in [2.05, 4.69) is 13.2 Å². The first-order valence-electron chi connectivity index (χ1n) is 5.02. The molecule has 0 amide bonds. The highest BCUT2D eigenvalue weighted by Crippen LogP contribution is 2.05. The minimum atomic E-state index is -0.982. The standard InChI is InChI=1S/C7H8O2.C6H12O2/c1-3-5-6(4-2)7(8)9;1-5(7)8-6(2,3)4/h3-5H,1-2H2,(H,8,9);1-4H3/b6-5+;. The average Bonchev–Trinajstić information content (AvgIpc) is 2.10. The van der Waals surface area contributed by atoms with E-state index in [1.165, 1.54) is 25.2 Å². The molecule has 0 atom stereocenters. The van der Waals surface area contributed by atoms with Gasteiger partial charge in [0.15, 0.2) is 0 Å². The van der Waals surface area contributed by atoms with Gasteiger partial charge in [0.05, 0.1) is 5.57 Å². The SMILES string of the molecule is C=C/C=C(\C=C)C(=O)O.CC(=O)OC(C)(C)C. The van der Waals surface area contributed by atoms with E-state index < -0.39 is 5.97 Å². The molecule has 0 rings (SSSR count). The zero-order valence-corrected chi connectivity index (χ0v) is 10.8. The summed E-state index contributed by atoms with van der Waals surface area (Å²) in [4.78, 5) is 20.4. The van der Waals surface area contributed by atoms with Gasteiger partial charge in [-0.05, 0) is 26.8 Å². The number of carboxylic acids is 1. The van der Waals surface area contributed by atoms with Crippen molar-refractivity contribution in [3.63, 3.8) is 0 Å². The highest BCUT2D eigenvalue weighted by Gasteiger charge is 2.11. The second-order valence-electron chi connectivity index (χ2n) is 4.07. The molecule has 0 unspecified atom stereocenters. The Morgan fingerprint density at radius 2 is 1.71 bits per heavy atom. The van der Waals surface area contributed by atoms with Crippen LogP contribution in [0.4, 0.5) is 0 Å². The zero-order valence-electron chi connectivity index (χ0n) is 10.8. The van der Waals surface area contributed by atoms with E-state index in [0.29, 0.717) is 0 Å². The molecule has 1 N–H and O–H groups in total. The van der Waals surface area contributed by atoms with Crippen LogP contribution >= 0.6 is 0 Å². The number of carbonyl (C=O) groups is 2. The number of allylic oxidation sites excluding steroid dienone is 2. The summed E-state index contributed by atoms with van der Waals surface area (Å²) < 4.78 is 4.80. The summed E-state index contributed by atoms with van der Waals surface area (Å²) >= 11 is 0. The van der Waals surface area contributed by atoms with Crippen molar-refractivity contribution in [2.75, 3.05) is 0 Å². The van der Waals surface area contributed by atoms with Crippen molar-refractivity contribution < 1.29 is 19.4 Å². The topological polar surface area (TPSA) is 63.6 Å². The van der Waals surface area contributed by atoms with Crippen molar-refractivity contribution in [2.45, 2.75) is 33.3 Å². The molecule has 17 heavy (non-hydrogen) atoms. The van der Waals surface area contributed by atoms with Gasteiger partial charge in [-0.15, -0.1) is 0 Å². The smallest absolute Gasteiger partial charge is 0.335 e. The first kappa shape index (κ1) is 17.6. The van der Waals surface area contributed by atoms with Crippen LogP contribution in [0.3, 0.4) is 0 Å². The second-order valence-corrected chi connectivity index (χ2v) is 4.07. The Kier molecular flexibility index (Phi) is 8.60. The van der Waals surface area contributed by atoms with Crippen molar-refractivity contribution >= 4 is 11.9 Å². The Hall–Kier alpha value is -1.84. The second kappa shape index (κ2) is 8.33. The molecule has 0 saturated heterocycles. The molecule has 0 heterocycles. The average molecular weight is 240 g/mol. The number of aliphatic carboxylic acids is 1. The molecule has 4 heteroatoms. The Labute approximate surface area is 102 Å².